The highest BCUT2D eigenvalue weighted by molar-refractivity contribution is 6.10. The molecule has 3 aromatic rings. The van der Waals surface area contributed by atoms with E-state index in [2.05, 4.69) is 39.8 Å². The van der Waals surface area contributed by atoms with Crippen LogP contribution in [0.1, 0.15) is 51.6 Å². The van der Waals surface area contributed by atoms with Crippen LogP contribution in [0, 0.1) is 5.41 Å². The zero-order chi connectivity index (χ0) is 27.0. The fraction of sp³-hybridized carbons (Fsp3) is 0.312. The molecule has 0 bridgehead atoms. The Bertz CT molecular complexity index is 1330. The van der Waals surface area contributed by atoms with Gasteiger partial charge >= 0.3 is 0 Å². The smallest absolute Gasteiger partial charge is 0.259 e. The van der Waals surface area contributed by atoms with Crippen molar-refractivity contribution >= 4 is 23.4 Å². The Morgan fingerprint density at radius 2 is 1.79 bits per heavy atom. The lowest BCUT2D eigenvalue weighted by Crippen LogP contribution is -2.29. The van der Waals surface area contributed by atoms with E-state index in [-0.39, 0.29) is 12.0 Å². The molecule has 0 radical (unpaired) electrons. The normalized spacial score (nSPS) is 16.7. The summed E-state index contributed by atoms with van der Waals surface area (Å²) in [6.07, 6.45) is 6.66. The Morgan fingerprint density at radius 3 is 2.54 bits per heavy atom. The van der Waals surface area contributed by atoms with Crippen LogP contribution in [0.5, 0.6) is 5.75 Å². The number of nitrogens with two attached hydrogens (primary N) is 1. The molecule has 1 unspecified atom stereocenters. The summed E-state index contributed by atoms with van der Waals surface area (Å²) in [7, 11) is 0. The molecule has 7 heteroatoms. The van der Waals surface area contributed by atoms with Crippen molar-refractivity contribution in [1.29, 1.82) is 5.41 Å². The van der Waals surface area contributed by atoms with Crippen LogP contribution in [0.4, 0.5) is 5.69 Å². The number of rotatable bonds is 9. The van der Waals surface area contributed by atoms with Crippen LogP contribution in [0.2, 0.25) is 0 Å². The second-order valence-electron chi connectivity index (χ2n) is 10.2. The number of carbonyl (C=O) groups excluding carboxylic acids is 1. The van der Waals surface area contributed by atoms with E-state index in [0.717, 1.165) is 62.4 Å². The molecule has 0 aromatic heterocycles. The number of benzene rings is 3. The highest BCUT2D eigenvalue weighted by Gasteiger charge is 2.24. The van der Waals surface area contributed by atoms with Crippen molar-refractivity contribution in [2.75, 3.05) is 38.0 Å². The van der Waals surface area contributed by atoms with Crippen LogP contribution in [-0.4, -0.2) is 49.7 Å². The lowest BCUT2D eigenvalue weighted by atomic mass is 10.0. The van der Waals surface area contributed by atoms with Crippen molar-refractivity contribution in [2.24, 2.45) is 5.73 Å². The Balaban J connectivity index is 1.46. The van der Waals surface area contributed by atoms with Gasteiger partial charge < -0.3 is 26.5 Å². The molecule has 3 aromatic carbocycles. The van der Waals surface area contributed by atoms with Crippen molar-refractivity contribution < 1.29 is 9.53 Å². The summed E-state index contributed by atoms with van der Waals surface area (Å²) in [6, 6.07) is 21.7. The largest absolute Gasteiger partial charge is 0.484 e. The van der Waals surface area contributed by atoms with Gasteiger partial charge in [-0.15, -0.1) is 0 Å². The van der Waals surface area contributed by atoms with E-state index in [1.807, 2.05) is 36.4 Å². The van der Waals surface area contributed by atoms with Crippen molar-refractivity contribution in [3.8, 4) is 5.75 Å². The van der Waals surface area contributed by atoms with Crippen molar-refractivity contribution in [3.05, 3.63) is 101 Å². The third kappa shape index (κ3) is 6.56. The molecule has 1 saturated heterocycles. The lowest BCUT2D eigenvalue weighted by molar-refractivity contribution is 0.101. The third-order valence-electron chi connectivity index (χ3n) is 7.56. The number of amides is 1. The zero-order valence-electron chi connectivity index (χ0n) is 22.3. The summed E-state index contributed by atoms with van der Waals surface area (Å²) in [5.41, 5.74) is 11.9. The van der Waals surface area contributed by atoms with Gasteiger partial charge in [0.05, 0.1) is 5.56 Å². The minimum atomic E-state index is -0.253. The number of fused-ring (bicyclic) bond motifs is 1. The molecule has 1 amide bonds. The maximum absolute atomic E-state index is 13.7. The molecule has 1 atom stereocenters. The molecule has 39 heavy (non-hydrogen) atoms. The van der Waals surface area contributed by atoms with Crippen LogP contribution >= 0.6 is 0 Å². The summed E-state index contributed by atoms with van der Waals surface area (Å²) < 4.78 is 6.69. The van der Waals surface area contributed by atoms with Gasteiger partial charge in [0.15, 0.2) is 0 Å². The van der Waals surface area contributed by atoms with E-state index < -0.39 is 0 Å². The SMILES string of the molecule is N=C/C(=C\N)c1ccc(C(=O)Nc2ccc3c(c2)CCNCC3)c(OC(CN2CCCC2)c2ccccc2)c1. The standard InChI is InChI=1S/C32H37N5O2/c33-20-27(21-34)25-9-11-29(32(38)36-28-10-8-23-12-14-35-15-13-26(23)18-28)30(19-25)39-31(22-37-16-4-5-17-37)24-6-2-1-3-7-24/h1-3,6-11,18-21,31,33,35H,4-5,12-17,22,34H2,(H,36,38)/b27-21+,33-20?. The number of nitrogens with one attached hydrogen (secondary N) is 3. The van der Waals surface area contributed by atoms with Crippen LogP contribution in [0.15, 0.2) is 72.9 Å². The monoisotopic (exact) mass is 523 g/mol. The first-order chi connectivity index (χ1) is 19.1. The van der Waals surface area contributed by atoms with E-state index in [1.165, 1.54) is 36.4 Å². The summed E-state index contributed by atoms with van der Waals surface area (Å²) in [6.45, 7) is 4.73. The first kappa shape index (κ1) is 26.7. The molecule has 2 aliphatic rings. The third-order valence-corrected chi connectivity index (χ3v) is 7.56. The second kappa shape index (κ2) is 12.7. The first-order valence-electron chi connectivity index (χ1n) is 13.8. The molecule has 5 rings (SSSR count). The van der Waals surface area contributed by atoms with Crippen LogP contribution in [-0.2, 0) is 12.8 Å². The van der Waals surface area contributed by atoms with Gasteiger partial charge in [-0.2, -0.15) is 0 Å². The number of nitrogens with zero attached hydrogens (tertiary/aromatic N) is 1. The second-order valence-corrected chi connectivity index (χ2v) is 10.2. The van der Waals surface area contributed by atoms with E-state index in [9.17, 15) is 4.79 Å². The van der Waals surface area contributed by atoms with Crippen LogP contribution < -0.4 is 21.1 Å². The van der Waals surface area contributed by atoms with E-state index in [1.54, 1.807) is 6.07 Å². The van der Waals surface area contributed by atoms with Crippen LogP contribution in [0.25, 0.3) is 5.57 Å². The Kier molecular flexibility index (Phi) is 8.71. The maximum atomic E-state index is 13.7. The predicted molar refractivity (Wildman–Crippen MR) is 158 cm³/mol. The van der Waals surface area contributed by atoms with Gasteiger partial charge in [0.2, 0.25) is 0 Å². The summed E-state index contributed by atoms with van der Waals surface area (Å²) >= 11 is 0. The number of anilines is 1. The quantitative estimate of drug-likeness (QED) is 0.302. The number of hydrogen-bond acceptors (Lipinski definition) is 6. The number of hydrogen-bond donors (Lipinski definition) is 4. The number of ether oxygens (including phenoxy) is 1. The molecular weight excluding hydrogens is 486 g/mol. The Labute approximate surface area is 230 Å². The van der Waals surface area contributed by atoms with Crippen molar-refractivity contribution in [2.45, 2.75) is 31.8 Å². The van der Waals surface area contributed by atoms with Gasteiger partial charge in [-0.25, -0.2) is 0 Å². The summed E-state index contributed by atoms with van der Waals surface area (Å²) in [5, 5.41) is 14.3. The highest BCUT2D eigenvalue weighted by atomic mass is 16.5. The molecule has 5 N–H and O–H groups in total. The first-order valence-corrected chi connectivity index (χ1v) is 13.8. The Morgan fingerprint density at radius 1 is 1.03 bits per heavy atom. The van der Waals surface area contributed by atoms with Crippen molar-refractivity contribution in [1.82, 2.24) is 10.2 Å². The van der Waals surface area contributed by atoms with Crippen LogP contribution in [0.3, 0.4) is 0 Å². The molecule has 0 spiro atoms. The highest BCUT2D eigenvalue weighted by Crippen LogP contribution is 2.31. The fourth-order valence-corrected chi connectivity index (χ4v) is 5.40. The van der Waals surface area contributed by atoms with Crippen molar-refractivity contribution in [3.63, 3.8) is 0 Å². The minimum Gasteiger partial charge on any atom is -0.484 e. The van der Waals surface area contributed by atoms with Gasteiger partial charge in [-0.05, 0) is 98.4 Å². The molecular formula is C32H37N5O2. The van der Waals surface area contributed by atoms with Gasteiger partial charge in [-0.1, -0.05) is 42.5 Å². The molecule has 1 fully saturated rings. The summed E-state index contributed by atoms with van der Waals surface area (Å²) in [4.78, 5) is 16.1. The molecule has 2 heterocycles. The topological polar surface area (TPSA) is 103 Å². The van der Waals surface area contributed by atoms with Gasteiger partial charge in [-0.3, -0.25) is 9.69 Å². The minimum absolute atomic E-state index is 0.232. The van der Waals surface area contributed by atoms with E-state index in [4.69, 9.17) is 15.9 Å². The summed E-state index contributed by atoms with van der Waals surface area (Å²) in [5.74, 6) is 0.238. The predicted octanol–water partition coefficient (Wildman–Crippen LogP) is 4.79. The number of likely N-dealkylation sites (tertiary alicyclic amines) is 1. The lowest BCUT2D eigenvalue weighted by Gasteiger charge is -2.26. The molecule has 0 aliphatic carbocycles. The molecule has 7 nitrogen and oxygen atoms in total. The number of carbonyl (C=O) groups is 1. The maximum Gasteiger partial charge on any atom is 0.259 e. The van der Waals surface area contributed by atoms with E-state index >= 15 is 0 Å². The molecule has 2 aliphatic heterocycles. The molecule has 202 valence electrons. The number of allylic oxidation sites excluding steroid dienone is 1. The Hall–Kier alpha value is -3.94. The van der Waals surface area contributed by atoms with Gasteiger partial charge in [0.1, 0.15) is 11.9 Å². The average Bonchev–Trinajstić information content (AvgIpc) is 3.37. The zero-order valence-corrected chi connectivity index (χ0v) is 22.3. The fourth-order valence-electron chi connectivity index (χ4n) is 5.40. The average molecular weight is 524 g/mol. The van der Waals surface area contributed by atoms with Gasteiger partial charge in [0, 0.05) is 30.2 Å². The van der Waals surface area contributed by atoms with Gasteiger partial charge in [0.25, 0.3) is 5.91 Å². The van der Waals surface area contributed by atoms with E-state index in [0.29, 0.717) is 16.9 Å². The molecule has 0 saturated carbocycles.